The van der Waals surface area contributed by atoms with E-state index in [9.17, 15) is 9.50 Å². The van der Waals surface area contributed by atoms with E-state index in [0.717, 1.165) is 17.7 Å². The molecule has 3 heteroatoms. The molecule has 0 aliphatic carbocycles. The van der Waals surface area contributed by atoms with Gasteiger partial charge in [0.1, 0.15) is 11.6 Å². The zero-order valence-electron chi connectivity index (χ0n) is 11.1. The Morgan fingerprint density at radius 3 is 2.75 bits per heavy atom. The Balaban J connectivity index is 1.81. The number of rotatable bonds is 3. The molecule has 0 saturated heterocycles. The second-order valence-electron chi connectivity index (χ2n) is 5.14. The average Bonchev–Trinajstić information content (AvgIpc) is 2.48. The van der Waals surface area contributed by atoms with Crippen molar-refractivity contribution < 1.29 is 14.2 Å². The molecule has 3 rings (SSSR count). The predicted molar refractivity (Wildman–Crippen MR) is 75.3 cm³/mol. The average molecular weight is 272 g/mol. The van der Waals surface area contributed by atoms with Crippen LogP contribution in [0.15, 0.2) is 48.5 Å². The van der Waals surface area contributed by atoms with Crippen molar-refractivity contribution in [3.63, 3.8) is 0 Å². The summed E-state index contributed by atoms with van der Waals surface area (Å²) in [6, 6.07) is 14.3. The van der Waals surface area contributed by atoms with Gasteiger partial charge in [-0.05, 0) is 36.5 Å². The highest BCUT2D eigenvalue weighted by Crippen LogP contribution is 2.39. The van der Waals surface area contributed by atoms with E-state index >= 15 is 0 Å². The largest absolute Gasteiger partial charge is 0.493 e. The molecule has 104 valence electrons. The van der Waals surface area contributed by atoms with Gasteiger partial charge in [-0.25, -0.2) is 4.39 Å². The van der Waals surface area contributed by atoms with E-state index in [1.807, 2.05) is 24.3 Å². The molecule has 1 N–H and O–H groups in total. The Hall–Kier alpha value is -1.87. The quantitative estimate of drug-likeness (QED) is 0.920. The number of aliphatic hydroxyl groups excluding tert-OH is 1. The molecule has 2 aromatic carbocycles. The molecule has 1 aliphatic heterocycles. The van der Waals surface area contributed by atoms with Crippen molar-refractivity contribution in [2.75, 3.05) is 6.61 Å². The van der Waals surface area contributed by atoms with Gasteiger partial charge < -0.3 is 9.84 Å². The second kappa shape index (κ2) is 5.63. The molecule has 0 amide bonds. The fourth-order valence-corrected chi connectivity index (χ4v) is 2.80. The van der Waals surface area contributed by atoms with Crippen LogP contribution in [0.5, 0.6) is 5.75 Å². The molecule has 0 spiro atoms. The normalized spacial score (nSPS) is 19.0. The molecular formula is C17H17FO2. The molecule has 0 saturated carbocycles. The Kier molecular flexibility index (Phi) is 3.70. The summed E-state index contributed by atoms with van der Waals surface area (Å²) in [5.74, 6) is 0.736. The molecule has 2 aromatic rings. The van der Waals surface area contributed by atoms with Crippen molar-refractivity contribution in [1.82, 2.24) is 0 Å². The summed E-state index contributed by atoms with van der Waals surface area (Å²) >= 11 is 0. The minimum absolute atomic E-state index is 0.203. The van der Waals surface area contributed by atoms with Crippen molar-refractivity contribution in [2.45, 2.75) is 24.9 Å². The van der Waals surface area contributed by atoms with Crippen LogP contribution in [0.4, 0.5) is 4.39 Å². The van der Waals surface area contributed by atoms with Gasteiger partial charge in [-0.2, -0.15) is 0 Å². The highest BCUT2D eigenvalue weighted by atomic mass is 19.1. The monoisotopic (exact) mass is 272 g/mol. The Bertz CT molecular complexity index is 597. The first kappa shape index (κ1) is 13.1. The molecule has 0 fully saturated rings. The van der Waals surface area contributed by atoms with Crippen LogP contribution in [0.1, 0.15) is 36.0 Å². The Morgan fingerprint density at radius 1 is 1.15 bits per heavy atom. The first-order valence-corrected chi connectivity index (χ1v) is 6.90. The molecule has 0 bridgehead atoms. The van der Waals surface area contributed by atoms with Gasteiger partial charge in [0.05, 0.1) is 12.7 Å². The third kappa shape index (κ3) is 2.54. The van der Waals surface area contributed by atoms with Gasteiger partial charge in [-0.1, -0.05) is 36.4 Å². The minimum Gasteiger partial charge on any atom is -0.493 e. The van der Waals surface area contributed by atoms with Crippen LogP contribution in [0, 0.1) is 5.82 Å². The maximum Gasteiger partial charge on any atom is 0.128 e. The second-order valence-corrected chi connectivity index (χ2v) is 5.14. The number of hydrogen-bond acceptors (Lipinski definition) is 2. The van der Waals surface area contributed by atoms with Crippen molar-refractivity contribution >= 4 is 0 Å². The summed E-state index contributed by atoms with van der Waals surface area (Å²) < 4.78 is 19.3. The third-order valence-electron chi connectivity index (χ3n) is 3.85. The third-order valence-corrected chi connectivity index (χ3v) is 3.85. The SMILES string of the molecule is OC(CC1CCOc2ccccc21)c1ccccc1F. The van der Waals surface area contributed by atoms with Crippen LogP contribution < -0.4 is 4.74 Å². The fourth-order valence-electron chi connectivity index (χ4n) is 2.80. The number of benzene rings is 2. The van der Waals surface area contributed by atoms with E-state index in [1.165, 1.54) is 6.07 Å². The van der Waals surface area contributed by atoms with Crippen LogP contribution in [-0.4, -0.2) is 11.7 Å². The Labute approximate surface area is 117 Å². The van der Waals surface area contributed by atoms with Crippen LogP contribution >= 0.6 is 0 Å². The zero-order chi connectivity index (χ0) is 13.9. The van der Waals surface area contributed by atoms with Crippen molar-refractivity contribution in [2.24, 2.45) is 0 Å². The lowest BCUT2D eigenvalue weighted by Crippen LogP contribution is -2.16. The van der Waals surface area contributed by atoms with Gasteiger partial charge in [0, 0.05) is 5.56 Å². The van der Waals surface area contributed by atoms with Gasteiger partial charge in [-0.15, -0.1) is 0 Å². The maximum atomic E-state index is 13.7. The molecule has 2 atom stereocenters. The fraction of sp³-hybridized carbons (Fsp3) is 0.294. The molecule has 2 nitrogen and oxygen atoms in total. The summed E-state index contributed by atoms with van der Waals surface area (Å²) in [4.78, 5) is 0. The number of halogens is 1. The Morgan fingerprint density at radius 2 is 1.90 bits per heavy atom. The van der Waals surface area contributed by atoms with Gasteiger partial charge in [-0.3, -0.25) is 0 Å². The molecule has 0 radical (unpaired) electrons. The topological polar surface area (TPSA) is 29.5 Å². The smallest absolute Gasteiger partial charge is 0.128 e. The summed E-state index contributed by atoms with van der Waals surface area (Å²) in [7, 11) is 0. The molecule has 0 aromatic heterocycles. The molecule has 1 heterocycles. The molecular weight excluding hydrogens is 255 g/mol. The highest BCUT2D eigenvalue weighted by Gasteiger charge is 2.25. The van der Waals surface area contributed by atoms with E-state index in [1.54, 1.807) is 18.2 Å². The molecule has 1 aliphatic rings. The number of aliphatic hydroxyl groups is 1. The summed E-state index contributed by atoms with van der Waals surface area (Å²) in [5.41, 5.74) is 1.48. The zero-order valence-corrected chi connectivity index (χ0v) is 11.1. The van der Waals surface area contributed by atoms with E-state index in [4.69, 9.17) is 4.74 Å². The summed E-state index contributed by atoms with van der Waals surface area (Å²) in [5, 5.41) is 10.3. The van der Waals surface area contributed by atoms with Gasteiger partial charge >= 0.3 is 0 Å². The number of ether oxygens (including phenoxy) is 1. The lowest BCUT2D eigenvalue weighted by molar-refractivity contribution is 0.141. The number of hydrogen-bond donors (Lipinski definition) is 1. The van der Waals surface area contributed by atoms with Gasteiger partial charge in [0.2, 0.25) is 0 Å². The summed E-state index contributed by atoms with van der Waals surface area (Å²) in [6.45, 7) is 0.645. The number of para-hydroxylation sites is 1. The predicted octanol–water partition coefficient (Wildman–Crippen LogP) is 3.82. The van der Waals surface area contributed by atoms with Crippen LogP contribution in [0.3, 0.4) is 0 Å². The minimum atomic E-state index is -0.785. The van der Waals surface area contributed by atoms with E-state index < -0.39 is 6.10 Å². The summed E-state index contributed by atoms with van der Waals surface area (Å²) in [6.07, 6.45) is 0.580. The van der Waals surface area contributed by atoms with Crippen molar-refractivity contribution in [1.29, 1.82) is 0 Å². The molecule has 2 unspecified atom stereocenters. The van der Waals surface area contributed by atoms with E-state index in [0.29, 0.717) is 18.6 Å². The molecule has 20 heavy (non-hydrogen) atoms. The van der Waals surface area contributed by atoms with E-state index in [-0.39, 0.29) is 11.7 Å². The van der Waals surface area contributed by atoms with Crippen molar-refractivity contribution in [3.8, 4) is 5.75 Å². The maximum absolute atomic E-state index is 13.7. The lowest BCUT2D eigenvalue weighted by atomic mass is 9.86. The van der Waals surface area contributed by atoms with Crippen LogP contribution in [0.25, 0.3) is 0 Å². The van der Waals surface area contributed by atoms with Crippen molar-refractivity contribution in [3.05, 3.63) is 65.5 Å². The standard InChI is InChI=1S/C17H17FO2/c18-15-7-3-1-6-14(15)16(19)11-12-9-10-20-17-8-4-2-5-13(12)17/h1-8,12,16,19H,9-11H2. The first-order valence-electron chi connectivity index (χ1n) is 6.90. The lowest BCUT2D eigenvalue weighted by Gasteiger charge is -2.27. The van der Waals surface area contributed by atoms with Gasteiger partial charge in [0.15, 0.2) is 0 Å². The van der Waals surface area contributed by atoms with Crippen LogP contribution in [-0.2, 0) is 0 Å². The highest BCUT2D eigenvalue weighted by molar-refractivity contribution is 5.38. The van der Waals surface area contributed by atoms with Gasteiger partial charge in [0.25, 0.3) is 0 Å². The number of fused-ring (bicyclic) bond motifs is 1. The first-order chi connectivity index (χ1) is 9.75. The van der Waals surface area contributed by atoms with Crippen LogP contribution in [0.2, 0.25) is 0 Å². The van der Waals surface area contributed by atoms with E-state index in [2.05, 4.69) is 0 Å².